The second-order valence-corrected chi connectivity index (χ2v) is 4.22. The van der Waals surface area contributed by atoms with Crippen molar-refractivity contribution in [2.24, 2.45) is 5.92 Å². The zero-order chi connectivity index (χ0) is 11.0. The fraction of sp³-hybridized carbons (Fsp3) is 0.308. The Morgan fingerprint density at radius 1 is 1.19 bits per heavy atom. The van der Waals surface area contributed by atoms with Crippen molar-refractivity contribution in [3.8, 4) is 0 Å². The molecule has 2 aromatic rings. The van der Waals surface area contributed by atoms with E-state index in [2.05, 4.69) is 9.97 Å². The van der Waals surface area contributed by atoms with E-state index >= 15 is 0 Å². The van der Waals surface area contributed by atoms with Crippen LogP contribution in [0.2, 0.25) is 0 Å². The fourth-order valence-corrected chi connectivity index (χ4v) is 2.08. The zero-order valence-electron chi connectivity index (χ0n) is 8.89. The summed E-state index contributed by atoms with van der Waals surface area (Å²) in [5.74, 6) is 0.449. The smallest absolute Gasteiger partial charge is 0.168 e. The minimum Gasteiger partial charge on any atom is -0.294 e. The van der Waals surface area contributed by atoms with E-state index < -0.39 is 0 Å². The van der Waals surface area contributed by atoms with Crippen molar-refractivity contribution >= 4 is 16.8 Å². The molecule has 1 saturated carbocycles. The van der Waals surface area contributed by atoms with Crippen molar-refractivity contribution in [3.05, 3.63) is 36.2 Å². The predicted octanol–water partition coefficient (Wildman–Crippen LogP) is 2.61. The van der Waals surface area contributed by atoms with Gasteiger partial charge in [-0.05, 0) is 25.0 Å². The van der Waals surface area contributed by atoms with E-state index in [9.17, 15) is 4.79 Å². The molecular formula is C13H12N2O. The van der Waals surface area contributed by atoms with Gasteiger partial charge in [0.2, 0.25) is 0 Å². The van der Waals surface area contributed by atoms with Crippen LogP contribution in [0.4, 0.5) is 0 Å². The summed E-state index contributed by atoms with van der Waals surface area (Å²) in [5.41, 5.74) is 2.27. The molecule has 3 heteroatoms. The number of benzene rings is 1. The number of ketones is 1. The van der Waals surface area contributed by atoms with Crippen LogP contribution >= 0.6 is 0 Å². The third-order valence-corrected chi connectivity index (χ3v) is 3.24. The molecule has 0 unspecified atom stereocenters. The molecule has 3 nitrogen and oxygen atoms in total. The Labute approximate surface area is 93.5 Å². The quantitative estimate of drug-likeness (QED) is 0.718. The molecule has 1 aliphatic rings. The monoisotopic (exact) mass is 212 g/mol. The summed E-state index contributed by atoms with van der Waals surface area (Å²) in [6.07, 6.45) is 6.51. The summed E-state index contributed by atoms with van der Waals surface area (Å²) in [6, 6.07) is 5.63. The number of nitrogens with zero attached hydrogens (tertiary/aromatic N) is 2. The maximum atomic E-state index is 12.2. The van der Waals surface area contributed by atoms with Crippen molar-refractivity contribution in [2.45, 2.75) is 19.3 Å². The predicted molar refractivity (Wildman–Crippen MR) is 61.2 cm³/mol. The molecule has 0 bridgehead atoms. The molecule has 0 spiro atoms. The molecule has 0 atom stereocenters. The Morgan fingerprint density at radius 2 is 2.00 bits per heavy atom. The first kappa shape index (κ1) is 9.46. The Morgan fingerprint density at radius 3 is 2.75 bits per heavy atom. The highest BCUT2D eigenvalue weighted by Crippen LogP contribution is 2.31. The van der Waals surface area contributed by atoms with Gasteiger partial charge in [-0.3, -0.25) is 14.8 Å². The molecule has 0 radical (unpaired) electrons. The lowest BCUT2D eigenvalue weighted by atomic mass is 9.80. The number of carbonyl (C=O) groups excluding carboxylic acids is 1. The molecule has 1 heterocycles. The van der Waals surface area contributed by atoms with Gasteiger partial charge in [0.05, 0.1) is 11.0 Å². The van der Waals surface area contributed by atoms with Crippen molar-refractivity contribution in [3.63, 3.8) is 0 Å². The Hall–Kier alpha value is -1.77. The van der Waals surface area contributed by atoms with Crippen LogP contribution in [0.15, 0.2) is 30.6 Å². The molecular weight excluding hydrogens is 200 g/mol. The van der Waals surface area contributed by atoms with Gasteiger partial charge < -0.3 is 0 Å². The van der Waals surface area contributed by atoms with E-state index in [1.54, 1.807) is 12.4 Å². The number of aromatic nitrogens is 2. The molecule has 0 N–H and O–H groups in total. The molecule has 0 amide bonds. The molecule has 0 aliphatic heterocycles. The molecule has 3 rings (SSSR count). The second kappa shape index (κ2) is 3.67. The highest BCUT2D eigenvalue weighted by molar-refractivity contribution is 6.07. The minimum atomic E-state index is 0.215. The van der Waals surface area contributed by atoms with Gasteiger partial charge in [-0.15, -0.1) is 0 Å². The lowest BCUT2D eigenvalue weighted by molar-refractivity contribution is 0.0857. The summed E-state index contributed by atoms with van der Waals surface area (Å²) in [6.45, 7) is 0. The van der Waals surface area contributed by atoms with Crippen LogP contribution in [-0.2, 0) is 0 Å². The fourth-order valence-electron chi connectivity index (χ4n) is 2.08. The van der Waals surface area contributed by atoms with Crippen LogP contribution < -0.4 is 0 Å². The van der Waals surface area contributed by atoms with Gasteiger partial charge in [-0.2, -0.15) is 0 Å². The molecule has 16 heavy (non-hydrogen) atoms. The summed E-state index contributed by atoms with van der Waals surface area (Å²) in [4.78, 5) is 20.6. The molecule has 1 aliphatic carbocycles. The third-order valence-electron chi connectivity index (χ3n) is 3.24. The Bertz CT molecular complexity index is 541. The maximum absolute atomic E-state index is 12.2. The molecule has 1 fully saturated rings. The van der Waals surface area contributed by atoms with Gasteiger partial charge in [0.1, 0.15) is 0 Å². The highest BCUT2D eigenvalue weighted by Gasteiger charge is 2.27. The first-order valence-electron chi connectivity index (χ1n) is 5.60. The third kappa shape index (κ3) is 1.40. The van der Waals surface area contributed by atoms with Crippen LogP contribution in [0.5, 0.6) is 0 Å². The lowest BCUT2D eigenvalue weighted by Crippen LogP contribution is -2.22. The van der Waals surface area contributed by atoms with E-state index in [0.717, 1.165) is 29.4 Å². The van der Waals surface area contributed by atoms with Gasteiger partial charge in [-0.25, -0.2) is 0 Å². The van der Waals surface area contributed by atoms with Crippen molar-refractivity contribution in [1.29, 1.82) is 0 Å². The SMILES string of the molecule is O=C(c1cccc2nccnc12)C1CCC1. The molecule has 1 aromatic heterocycles. The normalized spacial score (nSPS) is 16.0. The number of Topliss-reactive ketones (excluding diaryl/α,β-unsaturated/α-hetero) is 1. The number of hydrogen-bond donors (Lipinski definition) is 0. The molecule has 80 valence electrons. The van der Waals surface area contributed by atoms with E-state index in [1.807, 2.05) is 18.2 Å². The summed E-state index contributed by atoms with van der Waals surface area (Å²) >= 11 is 0. The summed E-state index contributed by atoms with van der Waals surface area (Å²) < 4.78 is 0. The van der Waals surface area contributed by atoms with Gasteiger partial charge in [-0.1, -0.05) is 12.5 Å². The molecule has 0 saturated heterocycles. The van der Waals surface area contributed by atoms with Crippen LogP contribution in [0, 0.1) is 5.92 Å². The number of fused-ring (bicyclic) bond motifs is 1. The first-order valence-corrected chi connectivity index (χ1v) is 5.60. The average molecular weight is 212 g/mol. The maximum Gasteiger partial charge on any atom is 0.168 e. The highest BCUT2D eigenvalue weighted by atomic mass is 16.1. The van der Waals surface area contributed by atoms with Gasteiger partial charge >= 0.3 is 0 Å². The summed E-state index contributed by atoms with van der Waals surface area (Å²) in [7, 11) is 0. The van der Waals surface area contributed by atoms with Crippen LogP contribution in [-0.4, -0.2) is 15.8 Å². The van der Waals surface area contributed by atoms with Crippen LogP contribution in [0.1, 0.15) is 29.6 Å². The van der Waals surface area contributed by atoms with Crippen molar-refractivity contribution in [2.75, 3.05) is 0 Å². The second-order valence-electron chi connectivity index (χ2n) is 4.22. The first-order chi connectivity index (χ1) is 7.86. The van der Waals surface area contributed by atoms with E-state index in [-0.39, 0.29) is 11.7 Å². The largest absolute Gasteiger partial charge is 0.294 e. The zero-order valence-corrected chi connectivity index (χ0v) is 8.89. The van der Waals surface area contributed by atoms with E-state index in [0.29, 0.717) is 0 Å². The number of para-hydroxylation sites is 1. The standard InChI is InChI=1S/C13H12N2O/c16-13(9-3-1-4-9)10-5-2-6-11-12(10)15-8-7-14-11/h2,5-9H,1,3-4H2. The van der Waals surface area contributed by atoms with Gasteiger partial charge in [0.15, 0.2) is 5.78 Å². The van der Waals surface area contributed by atoms with Gasteiger partial charge in [0, 0.05) is 23.9 Å². The Kier molecular flexibility index (Phi) is 2.17. The van der Waals surface area contributed by atoms with Crippen LogP contribution in [0.25, 0.3) is 11.0 Å². The van der Waals surface area contributed by atoms with E-state index in [1.165, 1.54) is 6.42 Å². The van der Waals surface area contributed by atoms with Gasteiger partial charge in [0.25, 0.3) is 0 Å². The van der Waals surface area contributed by atoms with Crippen molar-refractivity contribution < 1.29 is 4.79 Å². The Balaban J connectivity index is 2.12. The van der Waals surface area contributed by atoms with E-state index in [4.69, 9.17) is 0 Å². The number of carbonyl (C=O) groups is 1. The van der Waals surface area contributed by atoms with Crippen LogP contribution in [0.3, 0.4) is 0 Å². The summed E-state index contributed by atoms with van der Waals surface area (Å²) in [5, 5.41) is 0. The lowest BCUT2D eigenvalue weighted by Gasteiger charge is -2.23. The topological polar surface area (TPSA) is 42.9 Å². The average Bonchev–Trinajstić information content (AvgIpc) is 2.26. The number of rotatable bonds is 2. The number of hydrogen-bond acceptors (Lipinski definition) is 3. The molecule has 1 aromatic carbocycles. The minimum absolute atomic E-state index is 0.215. The van der Waals surface area contributed by atoms with Crippen molar-refractivity contribution in [1.82, 2.24) is 9.97 Å².